The van der Waals surface area contributed by atoms with Crippen molar-refractivity contribution >= 4 is 23.2 Å². The van der Waals surface area contributed by atoms with Crippen molar-refractivity contribution in [1.29, 1.82) is 0 Å². The summed E-state index contributed by atoms with van der Waals surface area (Å²) in [5.41, 5.74) is 7.05. The Morgan fingerprint density at radius 1 is 1.35 bits per heavy atom. The first kappa shape index (κ1) is 16.1. The van der Waals surface area contributed by atoms with E-state index in [1.165, 1.54) is 0 Å². The number of nitrogens with zero attached hydrogens (tertiary/aromatic N) is 1. The van der Waals surface area contributed by atoms with Crippen LogP contribution in [0.2, 0.25) is 10.0 Å². The zero-order valence-electron chi connectivity index (χ0n) is 11.8. The first-order chi connectivity index (χ1) is 9.65. The van der Waals surface area contributed by atoms with Crippen molar-refractivity contribution in [3.05, 3.63) is 33.8 Å². The molecule has 1 aromatic carbocycles. The van der Waals surface area contributed by atoms with Gasteiger partial charge in [0, 0.05) is 36.3 Å². The summed E-state index contributed by atoms with van der Waals surface area (Å²) in [6.07, 6.45) is 2.30. The Labute approximate surface area is 131 Å². The number of piperidine rings is 1. The first-order valence-electron chi connectivity index (χ1n) is 7.03. The SMILES string of the molecule is COCC1CCN(C(CN)c2ccc(Cl)cc2Cl)CC1. The van der Waals surface area contributed by atoms with Crippen molar-refractivity contribution in [2.75, 3.05) is 33.4 Å². The number of nitrogens with two attached hydrogens (primary N) is 1. The minimum atomic E-state index is 0.170. The fourth-order valence-electron chi connectivity index (χ4n) is 2.91. The van der Waals surface area contributed by atoms with Gasteiger partial charge in [-0.2, -0.15) is 0 Å². The minimum absolute atomic E-state index is 0.170. The molecule has 0 spiro atoms. The highest BCUT2D eigenvalue weighted by molar-refractivity contribution is 6.35. The molecule has 0 saturated carbocycles. The van der Waals surface area contributed by atoms with Gasteiger partial charge in [-0.1, -0.05) is 29.3 Å². The van der Waals surface area contributed by atoms with Gasteiger partial charge in [0.15, 0.2) is 0 Å². The van der Waals surface area contributed by atoms with Crippen LogP contribution in [0.5, 0.6) is 0 Å². The Balaban J connectivity index is 2.05. The van der Waals surface area contributed by atoms with Gasteiger partial charge in [0.1, 0.15) is 0 Å². The lowest BCUT2D eigenvalue weighted by Crippen LogP contribution is -2.40. The summed E-state index contributed by atoms with van der Waals surface area (Å²) in [5.74, 6) is 0.662. The van der Waals surface area contributed by atoms with E-state index in [1.807, 2.05) is 12.1 Å². The van der Waals surface area contributed by atoms with Gasteiger partial charge in [-0.25, -0.2) is 0 Å². The van der Waals surface area contributed by atoms with Crippen LogP contribution < -0.4 is 5.73 Å². The molecule has 0 aromatic heterocycles. The Morgan fingerprint density at radius 3 is 2.60 bits per heavy atom. The van der Waals surface area contributed by atoms with Crippen LogP contribution >= 0.6 is 23.2 Å². The first-order valence-corrected chi connectivity index (χ1v) is 7.79. The van der Waals surface area contributed by atoms with E-state index in [-0.39, 0.29) is 6.04 Å². The lowest BCUT2D eigenvalue weighted by atomic mass is 9.95. The van der Waals surface area contributed by atoms with Gasteiger partial charge >= 0.3 is 0 Å². The molecule has 1 heterocycles. The molecule has 1 fully saturated rings. The van der Waals surface area contributed by atoms with Crippen molar-refractivity contribution in [2.24, 2.45) is 11.7 Å². The summed E-state index contributed by atoms with van der Waals surface area (Å²) in [7, 11) is 1.77. The molecular formula is C15H22Cl2N2O. The third-order valence-corrected chi connectivity index (χ3v) is 4.60. The molecule has 1 atom stereocenters. The van der Waals surface area contributed by atoms with E-state index in [2.05, 4.69) is 4.90 Å². The number of rotatable bonds is 5. The quantitative estimate of drug-likeness (QED) is 0.905. The predicted molar refractivity (Wildman–Crippen MR) is 84.4 cm³/mol. The molecular weight excluding hydrogens is 295 g/mol. The highest BCUT2D eigenvalue weighted by Crippen LogP contribution is 2.32. The van der Waals surface area contributed by atoms with Crippen molar-refractivity contribution < 1.29 is 4.74 Å². The topological polar surface area (TPSA) is 38.5 Å². The molecule has 1 aromatic rings. The number of hydrogen-bond acceptors (Lipinski definition) is 3. The van der Waals surface area contributed by atoms with Crippen LogP contribution in [0.3, 0.4) is 0 Å². The third kappa shape index (κ3) is 3.86. The molecule has 5 heteroatoms. The van der Waals surface area contributed by atoms with Crippen LogP contribution in [0, 0.1) is 5.92 Å². The number of halogens is 2. The normalized spacial score (nSPS) is 19.2. The van der Waals surface area contributed by atoms with Crippen LogP contribution in [0.4, 0.5) is 0 Å². The number of methoxy groups -OCH3 is 1. The lowest BCUT2D eigenvalue weighted by molar-refractivity contribution is 0.0811. The number of likely N-dealkylation sites (tertiary alicyclic amines) is 1. The van der Waals surface area contributed by atoms with Crippen molar-refractivity contribution in [3.63, 3.8) is 0 Å². The second-order valence-corrected chi connectivity index (χ2v) is 6.20. The van der Waals surface area contributed by atoms with Gasteiger partial charge in [0.05, 0.1) is 0 Å². The van der Waals surface area contributed by atoms with Crippen molar-refractivity contribution in [2.45, 2.75) is 18.9 Å². The summed E-state index contributed by atoms with van der Waals surface area (Å²) < 4.78 is 5.24. The summed E-state index contributed by atoms with van der Waals surface area (Å²) in [6, 6.07) is 5.83. The molecule has 3 nitrogen and oxygen atoms in total. The highest BCUT2D eigenvalue weighted by atomic mass is 35.5. The molecule has 112 valence electrons. The predicted octanol–water partition coefficient (Wildman–Crippen LogP) is 3.35. The maximum Gasteiger partial charge on any atom is 0.0491 e. The van der Waals surface area contributed by atoms with Crippen LogP contribution in [0.1, 0.15) is 24.4 Å². The molecule has 0 bridgehead atoms. The zero-order valence-corrected chi connectivity index (χ0v) is 13.3. The average Bonchev–Trinajstić information content (AvgIpc) is 2.44. The summed E-state index contributed by atoms with van der Waals surface area (Å²) >= 11 is 12.3. The molecule has 0 amide bonds. The molecule has 1 aliphatic rings. The van der Waals surface area contributed by atoms with Gasteiger partial charge in [0.2, 0.25) is 0 Å². The van der Waals surface area contributed by atoms with E-state index in [9.17, 15) is 0 Å². The Hall–Kier alpha value is -0.320. The highest BCUT2D eigenvalue weighted by Gasteiger charge is 2.26. The summed E-state index contributed by atoms with van der Waals surface area (Å²) in [4.78, 5) is 2.42. The average molecular weight is 317 g/mol. The van der Waals surface area contributed by atoms with Gasteiger partial charge in [0.25, 0.3) is 0 Å². The van der Waals surface area contributed by atoms with E-state index in [0.29, 0.717) is 22.5 Å². The van der Waals surface area contributed by atoms with E-state index < -0.39 is 0 Å². The Morgan fingerprint density at radius 2 is 2.05 bits per heavy atom. The van der Waals surface area contributed by atoms with Crippen LogP contribution in [-0.2, 0) is 4.74 Å². The molecule has 0 radical (unpaired) electrons. The minimum Gasteiger partial charge on any atom is -0.384 e. The smallest absolute Gasteiger partial charge is 0.0491 e. The molecule has 2 rings (SSSR count). The van der Waals surface area contributed by atoms with Gasteiger partial charge in [-0.05, 0) is 49.5 Å². The lowest BCUT2D eigenvalue weighted by Gasteiger charge is -2.37. The van der Waals surface area contributed by atoms with Crippen LogP contribution in [-0.4, -0.2) is 38.3 Å². The van der Waals surface area contributed by atoms with E-state index in [1.54, 1.807) is 13.2 Å². The molecule has 2 N–H and O–H groups in total. The van der Waals surface area contributed by atoms with E-state index in [4.69, 9.17) is 33.7 Å². The molecule has 1 saturated heterocycles. The van der Waals surface area contributed by atoms with E-state index >= 15 is 0 Å². The van der Waals surface area contributed by atoms with Crippen molar-refractivity contribution in [1.82, 2.24) is 4.90 Å². The Bertz CT molecular complexity index is 434. The maximum absolute atomic E-state index is 6.31. The number of benzene rings is 1. The second kappa shape index (κ2) is 7.62. The molecule has 0 aliphatic carbocycles. The fraction of sp³-hybridized carbons (Fsp3) is 0.600. The monoisotopic (exact) mass is 316 g/mol. The van der Waals surface area contributed by atoms with Crippen LogP contribution in [0.25, 0.3) is 0 Å². The molecule has 20 heavy (non-hydrogen) atoms. The van der Waals surface area contributed by atoms with Gasteiger partial charge in [-0.3, -0.25) is 4.90 Å². The molecule has 1 aliphatic heterocycles. The zero-order chi connectivity index (χ0) is 14.5. The molecule has 1 unspecified atom stereocenters. The van der Waals surface area contributed by atoms with Crippen molar-refractivity contribution in [3.8, 4) is 0 Å². The third-order valence-electron chi connectivity index (χ3n) is 4.04. The summed E-state index contributed by atoms with van der Waals surface area (Å²) in [5, 5.41) is 1.36. The van der Waals surface area contributed by atoms with Gasteiger partial charge < -0.3 is 10.5 Å². The van der Waals surface area contributed by atoms with Crippen LogP contribution in [0.15, 0.2) is 18.2 Å². The fourth-order valence-corrected chi connectivity index (χ4v) is 3.45. The standard InChI is InChI=1S/C15H22Cl2N2O/c1-20-10-11-4-6-19(7-5-11)15(9-18)13-3-2-12(16)8-14(13)17/h2-3,8,11,15H,4-7,9-10,18H2,1H3. The number of ether oxygens (including phenoxy) is 1. The summed E-state index contributed by atoms with van der Waals surface area (Å²) in [6.45, 7) is 3.49. The second-order valence-electron chi connectivity index (χ2n) is 5.35. The largest absolute Gasteiger partial charge is 0.384 e. The Kier molecular flexibility index (Phi) is 6.12. The maximum atomic E-state index is 6.31. The van der Waals surface area contributed by atoms with E-state index in [0.717, 1.165) is 38.1 Å². The van der Waals surface area contributed by atoms with Gasteiger partial charge in [-0.15, -0.1) is 0 Å². The number of hydrogen-bond donors (Lipinski definition) is 1.